The van der Waals surface area contributed by atoms with Crippen molar-refractivity contribution in [1.29, 1.82) is 0 Å². The molecule has 24 heavy (non-hydrogen) atoms. The number of hydrogen-bond donors (Lipinski definition) is 0. The van der Waals surface area contributed by atoms with E-state index in [4.69, 9.17) is 0 Å². The molecule has 0 heterocycles. The minimum Gasteiger partial charge on any atom is -0.340 e. The van der Waals surface area contributed by atoms with E-state index in [1.807, 2.05) is 31.2 Å². The predicted octanol–water partition coefficient (Wildman–Crippen LogP) is 4.50. The van der Waals surface area contributed by atoms with Crippen LogP contribution in [-0.4, -0.2) is 28.0 Å². The third kappa shape index (κ3) is 4.82. The summed E-state index contributed by atoms with van der Waals surface area (Å²) >= 11 is 4.87. The van der Waals surface area contributed by atoms with Gasteiger partial charge in [0.05, 0.1) is 10.2 Å². The molecule has 0 saturated heterocycles. The van der Waals surface area contributed by atoms with Gasteiger partial charge >= 0.3 is 0 Å². The van der Waals surface area contributed by atoms with Gasteiger partial charge < -0.3 is 4.90 Å². The Morgan fingerprint density at radius 2 is 1.88 bits per heavy atom. The van der Waals surface area contributed by atoms with Gasteiger partial charge in [-0.25, -0.2) is 0 Å². The fourth-order valence-electron chi connectivity index (χ4n) is 2.17. The molecule has 0 aliphatic rings. The van der Waals surface area contributed by atoms with E-state index in [2.05, 4.69) is 15.9 Å². The number of nitrogens with zero attached hydrogens (tertiary/aromatic N) is 2. The summed E-state index contributed by atoms with van der Waals surface area (Å²) in [5, 5.41) is 10.4. The summed E-state index contributed by atoms with van der Waals surface area (Å²) in [5.74, 6) is 0.00843. The van der Waals surface area contributed by atoms with Crippen LogP contribution < -0.4 is 0 Å². The molecule has 0 aliphatic heterocycles. The molecule has 1 atom stereocenters. The van der Waals surface area contributed by atoms with Gasteiger partial charge in [-0.1, -0.05) is 34.1 Å². The second kappa shape index (κ2) is 8.30. The number of rotatable bonds is 6. The first-order valence-electron chi connectivity index (χ1n) is 7.28. The summed E-state index contributed by atoms with van der Waals surface area (Å²) in [6.45, 7) is 2.36. The predicted molar refractivity (Wildman–Crippen MR) is 99.0 cm³/mol. The number of benzene rings is 2. The van der Waals surface area contributed by atoms with Crippen LogP contribution in [0, 0.1) is 10.1 Å². The van der Waals surface area contributed by atoms with E-state index in [9.17, 15) is 14.9 Å². The number of amides is 1. The molecule has 0 N–H and O–H groups in total. The second-order valence-corrected chi connectivity index (χ2v) is 7.57. The quantitative estimate of drug-likeness (QED) is 0.401. The van der Waals surface area contributed by atoms with Crippen molar-refractivity contribution in [2.24, 2.45) is 0 Å². The van der Waals surface area contributed by atoms with Crippen LogP contribution in [0.1, 0.15) is 12.5 Å². The highest BCUT2D eigenvalue weighted by atomic mass is 79.9. The molecule has 2 rings (SSSR count). The Balaban J connectivity index is 1.98. The van der Waals surface area contributed by atoms with Crippen LogP contribution in [0.25, 0.3) is 0 Å². The van der Waals surface area contributed by atoms with E-state index in [0.717, 1.165) is 14.9 Å². The minimum atomic E-state index is -0.436. The zero-order valence-corrected chi connectivity index (χ0v) is 15.7. The van der Waals surface area contributed by atoms with Gasteiger partial charge in [0.2, 0.25) is 5.91 Å². The van der Waals surface area contributed by atoms with Crippen LogP contribution in [0.5, 0.6) is 0 Å². The largest absolute Gasteiger partial charge is 0.340 e. The minimum absolute atomic E-state index is 0.00843. The topological polar surface area (TPSA) is 63.5 Å². The molecule has 126 valence electrons. The number of nitro groups is 1. The first-order chi connectivity index (χ1) is 11.4. The highest BCUT2D eigenvalue weighted by molar-refractivity contribution is 9.10. The molecule has 0 saturated carbocycles. The Kier molecular flexibility index (Phi) is 6.39. The van der Waals surface area contributed by atoms with Crippen molar-refractivity contribution >= 4 is 39.3 Å². The lowest BCUT2D eigenvalue weighted by atomic mass is 10.2. The van der Waals surface area contributed by atoms with Crippen molar-refractivity contribution in [3.05, 3.63) is 68.7 Å². The standard InChI is InChI=1S/C17H17BrN2O3S/c1-12(24-15-9-7-14(8-10-15)20(22)23)17(21)19(2)11-13-5-3-4-6-16(13)18/h3-10,12H,11H2,1-2H3. The van der Waals surface area contributed by atoms with Gasteiger partial charge in [0.15, 0.2) is 0 Å². The average Bonchev–Trinajstić information content (AvgIpc) is 2.56. The van der Waals surface area contributed by atoms with E-state index in [0.29, 0.717) is 6.54 Å². The van der Waals surface area contributed by atoms with Crippen molar-refractivity contribution in [1.82, 2.24) is 4.90 Å². The first kappa shape index (κ1) is 18.5. The van der Waals surface area contributed by atoms with Gasteiger partial charge in [0.1, 0.15) is 0 Å². The van der Waals surface area contributed by atoms with Crippen LogP contribution in [0.2, 0.25) is 0 Å². The lowest BCUT2D eigenvalue weighted by Crippen LogP contribution is -2.32. The smallest absolute Gasteiger partial charge is 0.269 e. The molecule has 0 fully saturated rings. The molecule has 0 radical (unpaired) electrons. The Bertz CT molecular complexity index is 737. The third-order valence-electron chi connectivity index (χ3n) is 3.45. The number of non-ortho nitro benzene ring substituents is 1. The Labute approximate surface area is 153 Å². The van der Waals surface area contributed by atoms with Gasteiger partial charge in [-0.05, 0) is 30.7 Å². The summed E-state index contributed by atoms with van der Waals surface area (Å²) in [5.41, 5.74) is 1.09. The Morgan fingerprint density at radius 3 is 2.46 bits per heavy atom. The summed E-state index contributed by atoms with van der Waals surface area (Å²) in [6.07, 6.45) is 0. The molecule has 0 aromatic heterocycles. The number of hydrogen-bond acceptors (Lipinski definition) is 4. The molecule has 1 unspecified atom stereocenters. The number of halogens is 1. The van der Waals surface area contributed by atoms with Crippen molar-refractivity contribution < 1.29 is 9.72 Å². The summed E-state index contributed by atoms with van der Waals surface area (Å²) in [6, 6.07) is 14.0. The van der Waals surface area contributed by atoms with Crippen LogP contribution in [0.4, 0.5) is 5.69 Å². The third-order valence-corrected chi connectivity index (χ3v) is 5.32. The van der Waals surface area contributed by atoms with E-state index in [1.54, 1.807) is 24.1 Å². The summed E-state index contributed by atoms with van der Waals surface area (Å²) in [4.78, 5) is 25.3. The van der Waals surface area contributed by atoms with Crippen molar-refractivity contribution in [3.8, 4) is 0 Å². The monoisotopic (exact) mass is 408 g/mol. The fraction of sp³-hybridized carbons (Fsp3) is 0.235. The Hall–Kier alpha value is -1.86. The molecule has 2 aromatic rings. The van der Waals surface area contributed by atoms with Gasteiger partial charge in [-0.15, -0.1) is 11.8 Å². The molecular formula is C17H17BrN2O3S. The maximum absolute atomic E-state index is 12.5. The average molecular weight is 409 g/mol. The van der Waals surface area contributed by atoms with Crippen LogP contribution in [0.3, 0.4) is 0 Å². The second-order valence-electron chi connectivity index (χ2n) is 5.30. The molecule has 0 spiro atoms. The van der Waals surface area contributed by atoms with Crippen molar-refractivity contribution in [2.75, 3.05) is 7.05 Å². The van der Waals surface area contributed by atoms with Crippen LogP contribution >= 0.6 is 27.7 Å². The van der Waals surface area contributed by atoms with E-state index < -0.39 is 4.92 Å². The molecule has 2 aromatic carbocycles. The zero-order valence-electron chi connectivity index (χ0n) is 13.3. The summed E-state index contributed by atoms with van der Waals surface area (Å²) < 4.78 is 0.973. The zero-order chi connectivity index (χ0) is 17.7. The normalized spacial score (nSPS) is 11.8. The first-order valence-corrected chi connectivity index (χ1v) is 8.95. The number of carbonyl (C=O) groups is 1. The van der Waals surface area contributed by atoms with E-state index in [-0.39, 0.29) is 16.8 Å². The lowest BCUT2D eigenvalue weighted by molar-refractivity contribution is -0.384. The van der Waals surface area contributed by atoms with Crippen LogP contribution in [-0.2, 0) is 11.3 Å². The SMILES string of the molecule is CC(Sc1ccc([N+](=O)[O-])cc1)C(=O)N(C)Cc1ccccc1Br. The lowest BCUT2D eigenvalue weighted by Gasteiger charge is -2.21. The van der Waals surface area contributed by atoms with Crippen LogP contribution in [0.15, 0.2) is 57.9 Å². The number of carbonyl (C=O) groups excluding carboxylic acids is 1. The van der Waals surface area contributed by atoms with Gasteiger partial charge in [0, 0.05) is 35.1 Å². The Morgan fingerprint density at radius 1 is 1.25 bits per heavy atom. The molecule has 0 aliphatic carbocycles. The molecule has 5 nitrogen and oxygen atoms in total. The molecule has 0 bridgehead atoms. The summed E-state index contributed by atoms with van der Waals surface area (Å²) in [7, 11) is 1.77. The van der Waals surface area contributed by atoms with E-state index in [1.165, 1.54) is 23.9 Å². The highest BCUT2D eigenvalue weighted by Crippen LogP contribution is 2.27. The molecular weight excluding hydrogens is 392 g/mol. The molecule has 1 amide bonds. The molecule has 7 heteroatoms. The van der Waals surface area contributed by atoms with Crippen molar-refractivity contribution in [2.45, 2.75) is 23.6 Å². The van der Waals surface area contributed by atoms with Gasteiger partial charge in [-0.3, -0.25) is 14.9 Å². The maximum Gasteiger partial charge on any atom is 0.269 e. The maximum atomic E-state index is 12.5. The number of nitro benzene ring substituents is 1. The number of thioether (sulfide) groups is 1. The van der Waals surface area contributed by atoms with Crippen molar-refractivity contribution in [3.63, 3.8) is 0 Å². The van der Waals surface area contributed by atoms with Gasteiger partial charge in [-0.2, -0.15) is 0 Å². The van der Waals surface area contributed by atoms with Gasteiger partial charge in [0.25, 0.3) is 5.69 Å². The highest BCUT2D eigenvalue weighted by Gasteiger charge is 2.19. The fourth-order valence-corrected chi connectivity index (χ4v) is 3.56. The van der Waals surface area contributed by atoms with E-state index >= 15 is 0 Å².